The van der Waals surface area contributed by atoms with Gasteiger partial charge in [-0.05, 0) is 31.9 Å². The van der Waals surface area contributed by atoms with Crippen molar-refractivity contribution in [2.75, 3.05) is 33.4 Å². The predicted molar refractivity (Wildman–Crippen MR) is 114 cm³/mol. The summed E-state index contributed by atoms with van der Waals surface area (Å²) in [6.45, 7) is 5.17. The largest absolute Gasteiger partial charge is 0.454 e. The van der Waals surface area contributed by atoms with E-state index >= 15 is 0 Å². The van der Waals surface area contributed by atoms with E-state index in [-0.39, 0.29) is 11.8 Å². The maximum Gasteiger partial charge on any atom is 0.289 e. The molecule has 0 atom stereocenters. The van der Waals surface area contributed by atoms with E-state index in [1.165, 1.54) is 6.33 Å². The summed E-state index contributed by atoms with van der Waals surface area (Å²) < 4.78 is 18.1. The number of piperidine rings is 1. The fraction of sp³-hybridized carbons (Fsp3) is 0.500. The molecule has 4 rings (SSSR count). The summed E-state index contributed by atoms with van der Waals surface area (Å²) in [7, 11) is 1.65. The van der Waals surface area contributed by atoms with Crippen LogP contribution < -0.4 is 0 Å². The third kappa shape index (κ3) is 5.38. The van der Waals surface area contributed by atoms with Crippen molar-refractivity contribution in [1.82, 2.24) is 29.6 Å². The highest BCUT2D eigenvalue weighted by molar-refractivity contribution is 5.91. The summed E-state index contributed by atoms with van der Waals surface area (Å²) in [5.41, 5.74) is 2.02. The van der Waals surface area contributed by atoms with Crippen molar-refractivity contribution >= 4 is 5.91 Å². The summed E-state index contributed by atoms with van der Waals surface area (Å²) in [5.74, 6) is 1.94. The molecule has 1 aliphatic rings. The van der Waals surface area contributed by atoms with Crippen molar-refractivity contribution in [2.45, 2.75) is 38.8 Å². The van der Waals surface area contributed by atoms with Gasteiger partial charge in [0.15, 0.2) is 5.76 Å². The number of likely N-dealkylation sites (tertiary alicyclic amines) is 1. The van der Waals surface area contributed by atoms with Gasteiger partial charge in [0.2, 0.25) is 0 Å². The average Bonchev–Trinajstić information content (AvgIpc) is 3.50. The number of hydrogen-bond acceptors (Lipinski definition) is 8. The Hall–Kier alpha value is -3.11. The quantitative estimate of drug-likeness (QED) is 0.466. The van der Waals surface area contributed by atoms with Gasteiger partial charge in [0.05, 0.1) is 25.5 Å². The van der Waals surface area contributed by atoms with Crippen LogP contribution in [0.2, 0.25) is 0 Å². The number of carbonyl (C=O) groups excluding carboxylic acids is 1. The molecule has 0 aromatic carbocycles. The van der Waals surface area contributed by atoms with Crippen molar-refractivity contribution in [1.29, 1.82) is 0 Å². The standard InChI is InChI=1S/C22H28N6O4/c1-16-24-11-18(13-31-10-9-30-2)21(26-16)17-5-7-27(8-6-17)22(29)20-4-3-19(32-20)12-28-15-23-14-25-28/h3-4,11,14-15,17H,5-10,12-13H2,1-2H3. The molecule has 0 radical (unpaired) electrons. The van der Waals surface area contributed by atoms with Gasteiger partial charge in [-0.3, -0.25) is 4.79 Å². The Morgan fingerprint density at radius 3 is 2.84 bits per heavy atom. The topological polar surface area (TPSA) is 108 Å². The van der Waals surface area contributed by atoms with Crippen LogP contribution in [-0.2, 0) is 22.6 Å². The Morgan fingerprint density at radius 1 is 1.25 bits per heavy atom. The smallest absolute Gasteiger partial charge is 0.289 e. The second-order valence-electron chi connectivity index (χ2n) is 7.80. The molecule has 0 N–H and O–H groups in total. The lowest BCUT2D eigenvalue weighted by Crippen LogP contribution is -2.38. The minimum Gasteiger partial charge on any atom is -0.454 e. The van der Waals surface area contributed by atoms with Crippen LogP contribution in [0.4, 0.5) is 0 Å². The summed E-state index contributed by atoms with van der Waals surface area (Å²) in [4.78, 5) is 27.7. The Labute approximate surface area is 186 Å². The molecule has 32 heavy (non-hydrogen) atoms. The van der Waals surface area contributed by atoms with Gasteiger partial charge >= 0.3 is 0 Å². The minimum absolute atomic E-state index is 0.0877. The van der Waals surface area contributed by atoms with Crippen LogP contribution >= 0.6 is 0 Å². The van der Waals surface area contributed by atoms with E-state index in [0.29, 0.717) is 51.0 Å². The molecule has 4 heterocycles. The summed E-state index contributed by atoms with van der Waals surface area (Å²) >= 11 is 0. The number of aryl methyl sites for hydroxylation is 1. The zero-order valence-electron chi connectivity index (χ0n) is 18.4. The van der Waals surface area contributed by atoms with Crippen LogP contribution in [-0.4, -0.2) is 69.0 Å². The molecule has 1 fully saturated rings. The van der Waals surface area contributed by atoms with Gasteiger partial charge in [0.25, 0.3) is 5.91 Å². The first-order valence-electron chi connectivity index (χ1n) is 10.7. The molecular formula is C22H28N6O4. The van der Waals surface area contributed by atoms with Gasteiger partial charge in [-0.1, -0.05) is 0 Å². The Morgan fingerprint density at radius 2 is 2.09 bits per heavy atom. The fourth-order valence-corrected chi connectivity index (χ4v) is 3.87. The monoisotopic (exact) mass is 440 g/mol. The van der Waals surface area contributed by atoms with Gasteiger partial charge < -0.3 is 18.8 Å². The number of ether oxygens (including phenoxy) is 2. The number of aromatic nitrogens is 5. The van der Waals surface area contributed by atoms with Crippen LogP contribution in [0.25, 0.3) is 0 Å². The molecule has 0 aliphatic carbocycles. The Balaban J connectivity index is 1.35. The number of hydrogen-bond donors (Lipinski definition) is 0. The first kappa shape index (κ1) is 22.1. The molecule has 1 saturated heterocycles. The molecular weight excluding hydrogens is 412 g/mol. The maximum absolute atomic E-state index is 12.9. The third-order valence-corrected chi connectivity index (χ3v) is 5.53. The Kier molecular flexibility index (Phi) is 7.23. The molecule has 3 aromatic rings. The van der Waals surface area contributed by atoms with Crippen LogP contribution in [0, 0.1) is 6.92 Å². The zero-order valence-corrected chi connectivity index (χ0v) is 18.4. The van der Waals surface area contributed by atoms with E-state index < -0.39 is 0 Å². The average molecular weight is 441 g/mol. The molecule has 0 saturated carbocycles. The van der Waals surface area contributed by atoms with E-state index in [2.05, 4.69) is 15.1 Å². The van der Waals surface area contributed by atoms with Gasteiger partial charge in [0.1, 0.15) is 30.8 Å². The minimum atomic E-state index is -0.0877. The highest BCUT2D eigenvalue weighted by Crippen LogP contribution is 2.30. The number of carbonyl (C=O) groups is 1. The van der Waals surface area contributed by atoms with Gasteiger partial charge in [-0.15, -0.1) is 0 Å². The fourth-order valence-electron chi connectivity index (χ4n) is 3.87. The predicted octanol–water partition coefficient (Wildman–Crippen LogP) is 2.20. The van der Waals surface area contributed by atoms with Crippen LogP contribution in [0.5, 0.6) is 0 Å². The normalized spacial score (nSPS) is 14.8. The van der Waals surface area contributed by atoms with E-state index in [1.54, 1.807) is 30.3 Å². The van der Waals surface area contributed by atoms with Crippen molar-refractivity contribution in [3.05, 3.63) is 59.6 Å². The van der Waals surface area contributed by atoms with Gasteiger partial charge in [0, 0.05) is 37.9 Å². The molecule has 1 amide bonds. The van der Waals surface area contributed by atoms with E-state index in [4.69, 9.17) is 18.9 Å². The van der Waals surface area contributed by atoms with Gasteiger partial charge in [-0.25, -0.2) is 19.6 Å². The molecule has 1 aliphatic heterocycles. The second-order valence-corrected chi connectivity index (χ2v) is 7.80. The van der Waals surface area contributed by atoms with E-state index in [9.17, 15) is 4.79 Å². The molecule has 170 valence electrons. The highest BCUT2D eigenvalue weighted by atomic mass is 16.5. The lowest BCUT2D eigenvalue weighted by molar-refractivity contribution is 0.0602. The third-order valence-electron chi connectivity index (χ3n) is 5.53. The number of amides is 1. The van der Waals surface area contributed by atoms with Crippen LogP contribution in [0.15, 0.2) is 35.4 Å². The van der Waals surface area contributed by atoms with Crippen LogP contribution in [0.1, 0.15) is 52.2 Å². The van der Waals surface area contributed by atoms with Crippen molar-refractivity contribution in [3.63, 3.8) is 0 Å². The number of furan rings is 1. The van der Waals surface area contributed by atoms with Crippen molar-refractivity contribution in [2.24, 2.45) is 0 Å². The first-order valence-corrected chi connectivity index (χ1v) is 10.7. The lowest BCUT2D eigenvalue weighted by Gasteiger charge is -2.32. The molecule has 10 heteroatoms. The number of methoxy groups -OCH3 is 1. The molecule has 10 nitrogen and oxygen atoms in total. The first-order chi connectivity index (χ1) is 15.6. The molecule has 0 bridgehead atoms. The molecule has 3 aromatic heterocycles. The molecule has 0 spiro atoms. The number of nitrogens with zero attached hydrogens (tertiary/aromatic N) is 6. The second kappa shape index (κ2) is 10.5. The van der Waals surface area contributed by atoms with E-state index in [1.807, 2.05) is 18.0 Å². The maximum atomic E-state index is 12.9. The summed E-state index contributed by atoms with van der Waals surface area (Å²) in [6, 6.07) is 3.53. The lowest BCUT2D eigenvalue weighted by atomic mass is 9.90. The highest BCUT2D eigenvalue weighted by Gasteiger charge is 2.28. The van der Waals surface area contributed by atoms with E-state index in [0.717, 1.165) is 29.9 Å². The Bertz CT molecular complexity index is 1010. The van der Waals surface area contributed by atoms with Crippen molar-refractivity contribution < 1.29 is 18.7 Å². The molecule has 0 unspecified atom stereocenters. The number of rotatable bonds is 9. The SMILES string of the molecule is COCCOCc1cnc(C)nc1C1CCN(C(=O)c2ccc(Cn3cncn3)o2)CC1. The zero-order chi connectivity index (χ0) is 22.3. The summed E-state index contributed by atoms with van der Waals surface area (Å²) in [5, 5.41) is 4.06. The van der Waals surface area contributed by atoms with Crippen molar-refractivity contribution in [3.8, 4) is 0 Å². The van der Waals surface area contributed by atoms with Gasteiger partial charge in [-0.2, -0.15) is 5.10 Å². The summed E-state index contributed by atoms with van der Waals surface area (Å²) in [6.07, 6.45) is 6.59. The van der Waals surface area contributed by atoms with Crippen LogP contribution in [0.3, 0.4) is 0 Å².